The van der Waals surface area contributed by atoms with Gasteiger partial charge in [-0.3, -0.25) is 9.78 Å². The number of hydrogen-bond donors (Lipinski definition) is 1. The summed E-state index contributed by atoms with van der Waals surface area (Å²) in [5.74, 6) is 1.28. The molecular weight excluding hydrogens is 358 g/mol. The second kappa shape index (κ2) is 9.21. The van der Waals surface area contributed by atoms with Gasteiger partial charge in [0.2, 0.25) is 0 Å². The molecule has 0 aliphatic carbocycles. The number of Topliss-reactive ketones (excluding diaryl/α,β-unsaturated/α-hetero) is 1. The van der Waals surface area contributed by atoms with Gasteiger partial charge in [-0.05, 0) is 44.2 Å². The number of pyridine rings is 1. The molecular formula is C21H25N3O4. The van der Waals surface area contributed by atoms with Crippen LogP contribution in [-0.4, -0.2) is 47.5 Å². The maximum atomic E-state index is 12.7. The summed E-state index contributed by atoms with van der Waals surface area (Å²) in [7, 11) is 0. The summed E-state index contributed by atoms with van der Waals surface area (Å²) in [6.45, 7) is 5.03. The van der Waals surface area contributed by atoms with Crippen LogP contribution in [0.25, 0.3) is 0 Å². The summed E-state index contributed by atoms with van der Waals surface area (Å²) >= 11 is 0. The van der Waals surface area contributed by atoms with Crippen molar-refractivity contribution in [2.24, 2.45) is 0 Å². The molecule has 7 heteroatoms. The van der Waals surface area contributed by atoms with Crippen molar-refractivity contribution in [1.29, 1.82) is 0 Å². The van der Waals surface area contributed by atoms with Gasteiger partial charge in [0.05, 0.1) is 12.3 Å². The lowest BCUT2D eigenvalue weighted by atomic mass is 10.1. The molecule has 0 bridgehead atoms. The molecule has 0 saturated carbocycles. The molecule has 0 radical (unpaired) electrons. The minimum absolute atomic E-state index is 0.0624. The Bertz CT molecular complexity index is 818. The van der Waals surface area contributed by atoms with E-state index in [0.29, 0.717) is 36.7 Å². The molecule has 1 aliphatic heterocycles. The van der Waals surface area contributed by atoms with E-state index in [1.54, 1.807) is 35.5 Å². The SMILES string of the molecule is CCOc1ccc(C(C)=O)cc1NC(=O)N1CCC(Oc2ccncc2)CC1. The summed E-state index contributed by atoms with van der Waals surface area (Å²) in [5, 5.41) is 2.89. The summed E-state index contributed by atoms with van der Waals surface area (Å²) < 4.78 is 11.5. The molecule has 0 spiro atoms. The van der Waals surface area contributed by atoms with Crippen molar-refractivity contribution >= 4 is 17.5 Å². The number of nitrogens with one attached hydrogen (secondary N) is 1. The third-order valence-corrected chi connectivity index (χ3v) is 4.61. The van der Waals surface area contributed by atoms with Crippen LogP contribution < -0.4 is 14.8 Å². The zero-order valence-electron chi connectivity index (χ0n) is 16.2. The number of anilines is 1. The maximum absolute atomic E-state index is 12.7. The predicted octanol–water partition coefficient (Wildman–Crippen LogP) is 3.76. The Balaban J connectivity index is 1.59. The second-order valence-electron chi connectivity index (χ2n) is 6.62. The lowest BCUT2D eigenvalue weighted by molar-refractivity contribution is 0.101. The number of ether oxygens (including phenoxy) is 2. The molecule has 7 nitrogen and oxygen atoms in total. The highest BCUT2D eigenvalue weighted by Crippen LogP contribution is 2.27. The van der Waals surface area contributed by atoms with Gasteiger partial charge in [0.1, 0.15) is 17.6 Å². The number of piperidine rings is 1. The van der Waals surface area contributed by atoms with Crippen molar-refractivity contribution in [2.75, 3.05) is 25.0 Å². The number of hydrogen-bond acceptors (Lipinski definition) is 5. The number of urea groups is 1. The van der Waals surface area contributed by atoms with Gasteiger partial charge in [-0.2, -0.15) is 0 Å². The van der Waals surface area contributed by atoms with Crippen LogP contribution in [0.5, 0.6) is 11.5 Å². The molecule has 1 fully saturated rings. The first-order valence-corrected chi connectivity index (χ1v) is 9.47. The number of benzene rings is 1. The van der Waals surface area contributed by atoms with Crippen LogP contribution in [0.15, 0.2) is 42.7 Å². The highest BCUT2D eigenvalue weighted by Gasteiger charge is 2.24. The van der Waals surface area contributed by atoms with E-state index >= 15 is 0 Å². The van der Waals surface area contributed by atoms with Crippen molar-refractivity contribution in [3.63, 3.8) is 0 Å². The second-order valence-corrected chi connectivity index (χ2v) is 6.62. The minimum atomic E-state index is -0.205. The van der Waals surface area contributed by atoms with Crippen LogP contribution in [0, 0.1) is 0 Å². The average Bonchev–Trinajstić information content (AvgIpc) is 2.70. The zero-order valence-corrected chi connectivity index (χ0v) is 16.2. The molecule has 0 unspecified atom stereocenters. The first kappa shape index (κ1) is 19.7. The van der Waals surface area contributed by atoms with Crippen LogP contribution >= 0.6 is 0 Å². The zero-order chi connectivity index (χ0) is 19.9. The molecule has 1 saturated heterocycles. The van der Waals surface area contributed by atoms with E-state index in [1.165, 1.54) is 6.92 Å². The molecule has 1 aromatic carbocycles. The minimum Gasteiger partial charge on any atom is -0.492 e. The Kier molecular flexibility index (Phi) is 6.47. The number of amides is 2. The Morgan fingerprint density at radius 2 is 1.89 bits per heavy atom. The lowest BCUT2D eigenvalue weighted by Gasteiger charge is -2.32. The van der Waals surface area contributed by atoms with Gasteiger partial charge >= 0.3 is 6.03 Å². The van der Waals surface area contributed by atoms with Crippen LogP contribution in [-0.2, 0) is 0 Å². The van der Waals surface area contributed by atoms with Crippen molar-refractivity contribution in [2.45, 2.75) is 32.8 Å². The molecule has 1 aliphatic rings. The molecule has 3 rings (SSSR count). The van der Waals surface area contributed by atoms with E-state index in [9.17, 15) is 9.59 Å². The predicted molar refractivity (Wildman–Crippen MR) is 106 cm³/mol. The van der Waals surface area contributed by atoms with Gasteiger partial charge in [-0.15, -0.1) is 0 Å². The molecule has 1 N–H and O–H groups in total. The Morgan fingerprint density at radius 3 is 2.54 bits per heavy atom. The van der Waals surface area contributed by atoms with E-state index in [1.807, 2.05) is 19.1 Å². The fourth-order valence-electron chi connectivity index (χ4n) is 3.11. The number of ketones is 1. The number of carbonyl (C=O) groups excluding carboxylic acids is 2. The van der Waals surface area contributed by atoms with Gasteiger partial charge in [0.25, 0.3) is 0 Å². The van der Waals surface area contributed by atoms with E-state index < -0.39 is 0 Å². The summed E-state index contributed by atoms with van der Waals surface area (Å²) in [6.07, 6.45) is 4.97. The summed E-state index contributed by atoms with van der Waals surface area (Å²) in [6, 6.07) is 8.52. The number of rotatable bonds is 6. The Hall–Kier alpha value is -3.09. The third kappa shape index (κ3) is 5.00. The van der Waals surface area contributed by atoms with Crippen LogP contribution in [0.2, 0.25) is 0 Å². The van der Waals surface area contributed by atoms with E-state index in [2.05, 4.69) is 10.3 Å². The van der Waals surface area contributed by atoms with E-state index in [0.717, 1.165) is 18.6 Å². The molecule has 28 heavy (non-hydrogen) atoms. The number of likely N-dealkylation sites (tertiary alicyclic amines) is 1. The smallest absolute Gasteiger partial charge is 0.321 e. The first-order valence-electron chi connectivity index (χ1n) is 9.47. The molecule has 2 aromatic rings. The Morgan fingerprint density at radius 1 is 1.18 bits per heavy atom. The molecule has 2 amide bonds. The van der Waals surface area contributed by atoms with Crippen LogP contribution in [0.4, 0.5) is 10.5 Å². The fourth-order valence-corrected chi connectivity index (χ4v) is 3.11. The number of nitrogens with zero attached hydrogens (tertiary/aromatic N) is 2. The van der Waals surface area contributed by atoms with Gasteiger partial charge in [-0.1, -0.05) is 0 Å². The molecule has 2 heterocycles. The van der Waals surface area contributed by atoms with Gasteiger partial charge in [0, 0.05) is 43.9 Å². The van der Waals surface area contributed by atoms with Crippen molar-refractivity contribution < 1.29 is 19.1 Å². The summed E-state index contributed by atoms with van der Waals surface area (Å²) in [4.78, 5) is 30.1. The number of carbonyl (C=O) groups is 2. The van der Waals surface area contributed by atoms with E-state index in [-0.39, 0.29) is 17.9 Å². The molecule has 0 atom stereocenters. The molecule has 148 valence electrons. The van der Waals surface area contributed by atoms with Crippen molar-refractivity contribution in [3.05, 3.63) is 48.3 Å². The lowest BCUT2D eigenvalue weighted by Crippen LogP contribution is -2.43. The summed E-state index contributed by atoms with van der Waals surface area (Å²) in [5.41, 5.74) is 1.04. The standard InChI is InChI=1S/C21H25N3O4/c1-3-27-20-5-4-16(15(2)25)14-19(20)23-21(26)24-12-8-18(9-13-24)28-17-6-10-22-11-7-17/h4-7,10-11,14,18H,3,8-9,12-13H2,1-2H3,(H,23,26). The average molecular weight is 383 g/mol. The topological polar surface area (TPSA) is 80.8 Å². The monoisotopic (exact) mass is 383 g/mol. The first-order chi connectivity index (χ1) is 13.6. The van der Waals surface area contributed by atoms with Gasteiger partial charge < -0.3 is 19.7 Å². The van der Waals surface area contributed by atoms with E-state index in [4.69, 9.17) is 9.47 Å². The van der Waals surface area contributed by atoms with Crippen LogP contribution in [0.3, 0.4) is 0 Å². The van der Waals surface area contributed by atoms with Gasteiger partial charge in [-0.25, -0.2) is 4.79 Å². The maximum Gasteiger partial charge on any atom is 0.321 e. The highest BCUT2D eigenvalue weighted by molar-refractivity contribution is 5.98. The van der Waals surface area contributed by atoms with Crippen molar-refractivity contribution in [3.8, 4) is 11.5 Å². The Labute approximate surface area is 164 Å². The number of aromatic nitrogens is 1. The fraction of sp³-hybridized carbons (Fsp3) is 0.381. The quantitative estimate of drug-likeness (QED) is 0.768. The molecule has 1 aromatic heterocycles. The third-order valence-electron chi connectivity index (χ3n) is 4.61. The van der Waals surface area contributed by atoms with Crippen LogP contribution in [0.1, 0.15) is 37.0 Å². The normalized spacial score (nSPS) is 14.4. The highest BCUT2D eigenvalue weighted by atomic mass is 16.5. The van der Waals surface area contributed by atoms with Gasteiger partial charge in [0.15, 0.2) is 5.78 Å². The largest absolute Gasteiger partial charge is 0.492 e. The van der Waals surface area contributed by atoms with Crippen molar-refractivity contribution in [1.82, 2.24) is 9.88 Å².